The van der Waals surface area contributed by atoms with Gasteiger partial charge < -0.3 is 9.88 Å². The van der Waals surface area contributed by atoms with Crippen molar-refractivity contribution in [2.75, 3.05) is 6.54 Å². The number of carbonyl (C=O) groups is 1. The molecule has 76 valence electrons. The van der Waals surface area contributed by atoms with Crippen LogP contribution in [0.5, 0.6) is 0 Å². The van der Waals surface area contributed by atoms with Gasteiger partial charge in [-0.25, -0.2) is 4.98 Å². The first-order valence-electron chi connectivity index (χ1n) is 5.01. The van der Waals surface area contributed by atoms with Gasteiger partial charge in [0, 0.05) is 38.4 Å². The van der Waals surface area contributed by atoms with Crippen LogP contribution >= 0.6 is 0 Å². The largest absolute Gasteiger partial charge is 0.332 e. The summed E-state index contributed by atoms with van der Waals surface area (Å²) in [6, 6.07) is 0.671. The molecule has 0 bridgehead atoms. The van der Waals surface area contributed by atoms with Crippen LogP contribution in [0.2, 0.25) is 0 Å². The molecule has 1 aromatic heterocycles. The van der Waals surface area contributed by atoms with Crippen molar-refractivity contribution in [3.63, 3.8) is 0 Å². The van der Waals surface area contributed by atoms with Gasteiger partial charge in [0.05, 0.1) is 0 Å². The molecule has 4 nitrogen and oxygen atoms in total. The Hall–Kier alpha value is -1.16. The molecule has 14 heavy (non-hydrogen) atoms. The van der Waals surface area contributed by atoms with E-state index in [9.17, 15) is 4.79 Å². The molecule has 0 aromatic carbocycles. The summed E-state index contributed by atoms with van der Waals surface area (Å²) in [4.78, 5) is 15.6. The highest BCUT2D eigenvalue weighted by Gasteiger charge is 2.20. The molecule has 2 rings (SSSR count). The van der Waals surface area contributed by atoms with Crippen molar-refractivity contribution >= 4 is 5.78 Å². The molecule has 1 saturated carbocycles. The number of ketones is 1. The molecular formula is C10H15N3O. The first-order chi connectivity index (χ1) is 6.77. The predicted octanol–water partition coefficient (Wildman–Crippen LogP) is 0.745. The second-order valence-electron chi connectivity index (χ2n) is 3.76. The number of rotatable bonds is 5. The van der Waals surface area contributed by atoms with Crippen LogP contribution in [0.25, 0.3) is 0 Å². The van der Waals surface area contributed by atoms with Gasteiger partial charge in [-0.05, 0) is 12.8 Å². The van der Waals surface area contributed by atoms with E-state index < -0.39 is 0 Å². The van der Waals surface area contributed by atoms with Gasteiger partial charge in [-0.15, -0.1) is 0 Å². The van der Waals surface area contributed by atoms with Crippen molar-refractivity contribution in [2.24, 2.45) is 7.05 Å². The molecule has 0 unspecified atom stereocenters. The van der Waals surface area contributed by atoms with Crippen LogP contribution in [0.4, 0.5) is 0 Å². The molecule has 0 aliphatic heterocycles. The van der Waals surface area contributed by atoms with E-state index in [1.165, 1.54) is 12.8 Å². The van der Waals surface area contributed by atoms with Crippen molar-refractivity contribution < 1.29 is 4.79 Å². The molecular weight excluding hydrogens is 178 g/mol. The number of carbonyl (C=O) groups excluding carboxylic acids is 1. The maximum atomic E-state index is 11.6. The number of hydrogen-bond donors (Lipinski definition) is 1. The van der Waals surface area contributed by atoms with Gasteiger partial charge in [-0.2, -0.15) is 0 Å². The normalized spacial score (nSPS) is 15.8. The Bertz CT molecular complexity index is 328. The van der Waals surface area contributed by atoms with E-state index in [2.05, 4.69) is 10.3 Å². The smallest absolute Gasteiger partial charge is 0.199 e. The molecule has 0 atom stereocenters. The Balaban J connectivity index is 1.79. The minimum absolute atomic E-state index is 0.116. The molecule has 1 fully saturated rings. The lowest BCUT2D eigenvalue weighted by atomic mass is 10.2. The first kappa shape index (κ1) is 9.40. The van der Waals surface area contributed by atoms with E-state index in [1.807, 2.05) is 7.05 Å². The van der Waals surface area contributed by atoms with Crippen LogP contribution in [-0.2, 0) is 7.05 Å². The zero-order valence-corrected chi connectivity index (χ0v) is 8.36. The lowest BCUT2D eigenvalue weighted by Crippen LogP contribution is -2.21. The highest BCUT2D eigenvalue weighted by atomic mass is 16.1. The zero-order valence-electron chi connectivity index (χ0n) is 8.36. The summed E-state index contributed by atoms with van der Waals surface area (Å²) in [5.74, 6) is 0.674. The van der Waals surface area contributed by atoms with Crippen molar-refractivity contribution in [3.05, 3.63) is 18.2 Å². The Labute approximate surface area is 83.3 Å². The van der Waals surface area contributed by atoms with Crippen LogP contribution in [0.15, 0.2) is 12.4 Å². The Kier molecular flexibility index (Phi) is 2.63. The minimum atomic E-state index is 0.116. The van der Waals surface area contributed by atoms with Crippen LogP contribution < -0.4 is 5.32 Å². The molecule has 1 aromatic rings. The molecule has 1 N–H and O–H groups in total. The van der Waals surface area contributed by atoms with E-state index in [0.717, 1.165) is 6.54 Å². The SMILES string of the molecule is Cn1ccnc1C(=O)CCNC1CC1. The second kappa shape index (κ2) is 3.92. The number of nitrogens with one attached hydrogen (secondary N) is 1. The zero-order chi connectivity index (χ0) is 9.97. The van der Waals surface area contributed by atoms with Crippen molar-refractivity contribution in [1.29, 1.82) is 0 Å². The molecule has 1 aliphatic carbocycles. The fourth-order valence-electron chi connectivity index (χ4n) is 1.42. The summed E-state index contributed by atoms with van der Waals surface area (Å²) >= 11 is 0. The highest BCUT2D eigenvalue weighted by molar-refractivity contribution is 5.92. The number of Topliss-reactive ketones (excluding diaryl/α,β-unsaturated/α-hetero) is 1. The van der Waals surface area contributed by atoms with Gasteiger partial charge in [0.1, 0.15) is 0 Å². The molecule has 1 heterocycles. The number of hydrogen-bond acceptors (Lipinski definition) is 3. The van der Waals surface area contributed by atoms with Crippen LogP contribution in [0.3, 0.4) is 0 Å². The van der Waals surface area contributed by atoms with Gasteiger partial charge in [0.25, 0.3) is 0 Å². The molecule has 0 saturated heterocycles. The quantitative estimate of drug-likeness (QED) is 0.702. The second-order valence-corrected chi connectivity index (χ2v) is 3.76. The Morgan fingerprint density at radius 3 is 3.07 bits per heavy atom. The van der Waals surface area contributed by atoms with Crippen molar-refractivity contribution in [2.45, 2.75) is 25.3 Å². The van der Waals surface area contributed by atoms with Gasteiger partial charge >= 0.3 is 0 Å². The summed E-state index contributed by atoms with van der Waals surface area (Å²) in [7, 11) is 1.84. The van der Waals surface area contributed by atoms with Gasteiger partial charge in [0.15, 0.2) is 11.6 Å². The molecule has 1 aliphatic rings. The van der Waals surface area contributed by atoms with Gasteiger partial charge in [-0.3, -0.25) is 4.79 Å². The number of imidazole rings is 1. The third-order valence-electron chi connectivity index (χ3n) is 2.43. The van der Waals surface area contributed by atoms with Gasteiger partial charge in [0.2, 0.25) is 0 Å². The maximum absolute atomic E-state index is 11.6. The first-order valence-corrected chi connectivity index (χ1v) is 5.01. The minimum Gasteiger partial charge on any atom is -0.332 e. The Morgan fingerprint density at radius 2 is 2.50 bits per heavy atom. The summed E-state index contributed by atoms with van der Waals surface area (Å²) in [5.41, 5.74) is 0. The summed E-state index contributed by atoms with van der Waals surface area (Å²) in [6.45, 7) is 0.774. The van der Waals surface area contributed by atoms with E-state index >= 15 is 0 Å². The van der Waals surface area contributed by atoms with E-state index in [0.29, 0.717) is 18.3 Å². The van der Waals surface area contributed by atoms with E-state index in [4.69, 9.17) is 0 Å². The van der Waals surface area contributed by atoms with Crippen LogP contribution in [-0.4, -0.2) is 27.9 Å². The van der Waals surface area contributed by atoms with Crippen LogP contribution in [0.1, 0.15) is 29.9 Å². The predicted molar refractivity (Wildman–Crippen MR) is 53.2 cm³/mol. The lowest BCUT2D eigenvalue weighted by Gasteiger charge is -2.02. The average molecular weight is 193 g/mol. The molecule has 4 heteroatoms. The standard InChI is InChI=1S/C10H15N3O/c1-13-7-6-12-10(13)9(14)4-5-11-8-2-3-8/h6-8,11H,2-5H2,1H3. The topological polar surface area (TPSA) is 46.9 Å². The molecule has 0 spiro atoms. The summed E-state index contributed by atoms with van der Waals surface area (Å²) < 4.78 is 1.76. The van der Waals surface area contributed by atoms with Crippen LogP contribution in [0, 0.1) is 0 Å². The maximum Gasteiger partial charge on any atom is 0.199 e. The molecule has 0 amide bonds. The average Bonchev–Trinajstić information content (AvgIpc) is 2.87. The Morgan fingerprint density at radius 1 is 1.71 bits per heavy atom. The van der Waals surface area contributed by atoms with Gasteiger partial charge in [-0.1, -0.05) is 0 Å². The lowest BCUT2D eigenvalue weighted by molar-refractivity contribution is 0.0969. The fourth-order valence-corrected chi connectivity index (χ4v) is 1.42. The third kappa shape index (κ3) is 2.20. The summed E-state index contributed by atoms with van der Waals surface area (Å²) in [6.07, 6.45) is 6.51. The third-order valence-corrected chi connectivity index (χ3v) is 2.43. The number of nitrogens with zero attached hydrogens (tertiary/aromatic N) is 2. The van der Waals surface area contributed by atoms with E-state index in [-0.39, 0.29) is 5.78 Å². The van der Waals surface area contributed by atoms with Crippen molar-refractivity contribution in [3.8, 4) is 0 Å². The summed E-state index contributed by atoms with van der Waals surface area (Å²) in [5, 5.41) is 3.31. The van der Waals surface area contributed by atoms with E-state index in [1.54, 1.807) is 17.0 Å². The molecule has 0 radical (unpaired) electrons. The van der Waals surface area contributed by atoms with Crippen molar-refractivity contribution in [1.82, 2.24) is 14.9 Å². The number of aromatic nitrogens is 2. The fraction of sp³-hybridized carbons (Fsp3) is 0.600. The number of aryl methyl sites for hydroxylation is 1. The highest BCUT2D eigenvalue weighted by Crippen LogP contribution is 2.18. The monoisotopic (exact) mass is 193 g/mol.